The van der Waals surface area contributed by atoms with Crippen LogP contribution in [0.4, 0.5) is 0 Å². The molecule has 0 aliphatic carbocycles. The first kappa shape index (κ1) is 55.7. The van der Waals surface area contributed by atoms with Gasteiger partial charge in [-0.15, -0.1) is 0 Å². The number of allylic oxidation sites excluding steroid dienone is 14. The molecule has 58 heavy (non-hydrogen) atoms. The first-order valence-corrected chi connectivity index (χ1v) is 24.6. The third-order valence-electron chi connectivity index (χ3n) is 9.30. The highest BCUT2D eigenvalue weighted by Crippen LogP contribution is 2.43. The maximum absolute atomic E-state index is 12.6. The number of carbonyl (C=O) groups is 1. The van der Waals surface area contributed by atoms with E-state index in [4.69, 9.17) is 24.3 Å². The summed E-state index contributed by atoms with van der Waals surface area (Å²) in [4.78, 5) is 22.5. The summed E-state index contributed by atoms with van der Waals surface area (Å²) in [5.41, 5.74) is 5.37. The van der Waals surface area contributed by atoms with Gasteiger partial charge in [-0.25, -0.2) is 4.57 Å². The lowest BCUT2D eigenvalue weighted by Crippen LogP contribution is -2.28. The molecule has 0 aromatic heterocycles. The van der Waals surface area contributed by atoms with Crippen molar-refractivity contribution in [1.29, 1.82) is 0 Å². The number of carbonyl (C=O) groups excluding carboxylic acids is 1. The molecule has 9 heteroatoms. The molecule has 0 aromatic carbocycles. The van der Waals surface area contributed by atoms with Gasteiger partial charge in [0, 0.05) is 19.6 Å². The zero-order chi connectivity index (χ0) is 42.3. The first-order valence-electron chi connectivity index (χ1n) is 23.1. The Labute approximate surface area is 356 Å². The molecule has 0 aliphatic heterocycles. The molecule has 334 valence electrons. The van der Waals surface area contributed by atoms with Gasteiger partial charge in [0.25, 0.3) is 0 Å². The van der Waals surface area contributed by atoms with Crippen LogP contribution in [-0.4, -0.2) is 49.9 Å². The molecule has 0 saturated heterocycles. The molecule has 0 saturated carbocycles. The molecular formula is C49H86NO7P. The van der Waals surface area contributed by atoms with E-state index in [1.807, 2.05) is 0 Å². The molecule has 0 amide bonds. The minimum Gasteiger partial charge on any atom is -0.457 e. The van der Waals surface area contributed by atoms with Crippen LogP contribution in [0.3, 0.4) is 0 Å². The maximum Gasteiger partial charge on any atom is 0.472 e. The molecule has 0 radical (unpaired) electrons. The summed E-state index contributed by atoms with van der Waals surface area (Å²) in [5, 5.41) is 0. The molecule has 0 bridgehead atoms. The smallest absolute Gasteiger partial charge is 0.457 e. The third kappa shape index (κ3) is 44.8. The molecule has 8 nitrogen and oxygen atoms in total. The lowest BCUT2D eigenvalue weighted by molar-refractivity contribution is -0.154. The number of phosphoric acid groups is 1. The molecule has 0 heterocycles. The Morgan fingerprint density at radius 1 is 0.534 bits per heavy atom. The summed E-state index contributed by atoms with van der Waals surface area (Å²) >= 11 is 0. The van der Waals surface area contributed by atoms with Crippen LogP contribution in [0.5, 0.6) is 0 Å². The largest absolute Gasteiger partial charge is 0.472 e. The van der Waals surface area contributed by atoms with Crippen LogP contribution in [0, 0.1) is 0 Å². The number of hydrogen-bond donors (Lipinski definition) is 2. The summed E-state index contributed by atoms with van der Waals surface area (Å²) < 4.78 is 33.4. The Morgan fingerprint density at radius 3 is 1.45 bits per heavy atom. The number of unbranched alkanes of at least 4 members (excludes halogenated alkanes) is 16. The van der Waals surface area contributed by atoms with E-state index in [-0.39, 0.29) is 38.8 Å². The summed E-state index contributed by atoms with van der Waals surface area (Å²) in [6.45, 7) is 4.70. The van der Waals surface area contributed by atoms with Gasteiger partial charge >= 0.3 is 13.8 Å². The third-order valence-corrected chi connectivity index (χ3v) is 10.3. The van der Waals surface area contributed by atoms with Gasteiger partial charge in [0.1, 0.15) is 6.10 Å². The number of nitrogens with two attached hydrogens (primary N) is 1. The highest BCUT2D eigenvalue weighted by molar-refractivity contribution is 7.47. The molecule has 0 spiro atoms. The zero-order valence-electron chi connectivity index (χ0n) is 37.0. The van der Waals surface area contributed by atoms with Crippen LogP contribution in [0.1, 0.15) is 181 Å². The van der Waals surface area contributed by atoms with Crippen molar-refractivity contribution in [3.8, 4) is 0 Å². The number of esters is 1. The van der Waals surface area contributed by atoms with Crippen molar-refractivity contribution in [2.75, 3.05) is 33.0 Å². The van der Waals surface area contributed by atoms with E-state index in [0.29, 0.717) is 13.0 Å². The van der Waals surface area contributed by atoms with Crippen LogP contribution in [-0.2, 0) is 27.9 Å². The van der Waals surface area contributed by atoms with Crippen LogP contribution in [0.2, 0.25) is 0 Å². The van der Waals surface area contributed by atoms with E-state index in [1.165, 1.54) is 96.3 Å². The quantitative estimate of drug-likeness (QED) is 0.0270. The van der Waals surface area contributed by atoms with E-state index in [2.05, 4.69) is 98.9 Å². The second-order valence-electron chi connectivity index (χ2n) is 14.9. The van der Waals surface area contributed by atoms with Gasteiger partial charge in [0.05, 0.1) is 19.8 Å². The topological polar surface area (TPSA) is 117 Å². The molecule has 0 aliphatic rings. The van der Waals surface area contributed by atoms with Crippen LogP contribution in [0.25, 0.3) is 0 Å². The van der Waals surface area contributed by atoms with Gasteiger partial charge < -0.3 is 20.1 Å². The van der Waals surface area contributed by atoms with Gasteiger partial charge in [-0.1, -0.05) is 176 Å². The van der Waals surface area contributed by atoms with Crippen molar-refractivity contribution in [3.63, 3.8) is 0 Å². The predicted molar refractivity (Wildman–Crippen MR) is 247 cm³/mol. The number of phosphoric ester groups is 1. The highest BCUT2D eigenvalue weighted by Gasteiger charge is 2.25. The molecule has 0 aromatic rings. The average Bonchev–Trinajstić information content (AvgIpc) is 3.21. The number of rotatable bonds is 43. The Balaban J connectivity index is 4.09. The fraction of sp³-hybridized carbons (Fsp3) is 0.694. The standard InChI is InChI=1S/C49H86NO7P/c1-3-5-7-9-11-13-15-17-19-21-22-23-24-25-27-29-31-33-35-37-39-41-44-54-46-48(47-56-58(52,53)55-45-43-50)57-49(51)42-40-38-36-34-32-30-28-26-20-18-16-14-12-10-8-6-4-2/h6,8,12,14-15,17-18,20-22,28,30,34,36,48H,3-5,7,9-11,13,16,19,23-27,29,31-33,35,37-47,50H2,1-2H3,(H,52,53)/b8-6-,14-12-,17-15-,20-18-,22-21-,30-28-,36-34-. The Hall–Kier alpha value is -2.32. The molecule has 2 unspecified atom stereocenters. The highest BCUT2D eigenvalue weighted by atomic mass is 31.2. The van der Waals surface area contributed by atoms with E-state index >= 15 is 0 Å². The summed E-state index contributed by atoms with van der Waals surface area (Å²) in [6.07, 6.45) is 59.0. The SMILES string of the molecule is CC/C=C\C/C=C\C/C=C\C/C=C\C/C=C\CCCC(=O)OC(COCCCCCCCCCCCC/C=C\C/C=C\CCCCCCC)COP(=O)(O)OCCN. The summed E-state index contributed by atoms with van der Waals surface area (Å²) in [5.74, 6) is -0.390. The molecule has 0 rings (SSSR count). The van der Waals surface area contributed by atoms with Gasteiger partial charge in [-0.05, 0) is 83.5 Å². The second kappa shape index (κ2) is 45.8. The molecule has 3 N–H and O–H groups in total. The lowest BCUT2D eigenvalue weighted by atomic mass is 10.1. The Kier molecular flexibility index (Phi) is 43.9. The molecule has 0 fully saturated rings. The number of hydrogen-bond acceptors (Lipinski definition) is 7. The summed E-state index contributed by atoms with van der Waals surface area (Å²) in [6, 6.07) is 0. The fourth-order valence-electron chi connectivity index (χ4n) is 5.94. The molecular weight excluding hydrogens is 746 g/mol. The molecule has 2 atom stereocenters. The van der Waals surface area contributed by atoms with Crippen molar-refractivity contribution in [2.45, 2.75) is 187 Å². The van der Waals surface area contributed by atoms with Crippen LogP contribution >= 0.6 is 7.82 Å². The number of ether oxygens (including phenoxy) is 2. The Morgan fingerprint density at radius 2 is 0.966 bits per heavy atom. The van der Waals surface area contributed by atoms with Gasteiger partial charge in [0.15, 0.2) is 0 Å². The van der Waals surface area contributed by atoms with Crippen LogP contribution in [0.15, 0.2) is 85.1 Å². The predicted octanol–water partition coefficient (Wildman–Crippen LogP) is 14.1. The van der Waals surface area contributed by atoms with Crippen molar-refractivity contribution in [3.05, 3.63) is 85.1 Å². The van der Waals surface area contributed by atoms with E-state index in [1.54, 1.807) is 0 Å². The first-order chi connectivity index (χ1) is 28.4. The van der Waals surface area contributed by atoms with Gasteiger partial charge in [-0.3, -0.25) is 13.8 Å². The lowest BCUT2D eigenvalue weighted by Gasteiger charge is -2.20. The fourth-order valence-corrected chi connectivity index (χ4v) is 6.71. The van der Waals surface area contributed by atoms with Crippen molar-refractivity contribution in [1.82, 2.24) is 0 Å². The summed E-state index contributed by atoms with van der Waals surface area (Å²) in [7, 11) is -4.30. The second-order valence-corrected chi connectivity index (χ2v) is 16.3. The van der Waals surface area contributed by atoms with Gasteiger partial charge in [-0.2, -0.15) is 0 Å². The minimum absolute atomic E-state index is 0.0866. The Bertz CT molecular complexity index is 1160. The average molecular weight is 832 g/mol. The normalized spacial score (nSPS) is 14.2. The zero-order valence-corrected chi connectivity index (χ0v) is 37.9. The minimum atomic E-state index is -4.30. The van der Waals surface area contributed by atoms with Gasteiger partial charge in [0.2, 0.25) is 0 Å². The van der Waals surface area contributed by atoms with Crippen molar-refractivity contribution >= 4 is 13.8 Å². The van der Waals surface area contributed by atoms with Crippen molar-refractivity contribution < 1.29 is 32.8 Å². The van der Waals surface area contributed by atoms with E-state index in [9.17, 15) is 14.3 Å². The van der Waals surface area contributed by atoms with Crippen molar-refractivity contribution in [2.24, 2.45) is 5.73 Å². The van der Waals surface area contributed by atoms with Crippen LogP contribution < -0.4 is 5.73 Å². The maximum atomic E-state index is 12.6. The monoisotopic (exact) mass is 832 g/mol. The van der Waals surface area contributed by atoms with E-state index < -0.39 is 13.9 Å². The van der Waals surface area contributed by atoms with E-state index in [0.717, 1.165) is 57.8 Å².